The van der Waals surface area contributed by atoms with Crippen molar-refractivity contribution in [3.8, 4) is 5.69 Å². The maximum atomic E-state index is 10.7. The molecule has 0 atom stereocenters. The summed E-state index contributed by atoms with van der Waals surface area (Å²) in [4.78, 5) is 10.7. The Morgan fingerprint density at radius 3 is 2.53 bits per heavy atom. The number of carboxylic acids is 1. The van der Waals surface area contributed by atoms with Gasteiger partial charge in [-0.1, -0.05) is 0 Å². The van der Waals surface area contributed by atoms with Crippen molar-refractivity contribution in [1.29, 1.82) is 0 Å². The van der Waals surface area contributed by atoms with Gasteiger partial charge < -0.3 is 5.11 Å². The molecule has 1 fully saturated rings. The van der Waals surface area contributed by atoms with Gasteiger partial charge in [0.15, 0.2) is 0 Å². The molecular formula is C13H12N2O2. The molecule has 2 aromatic rings. The summed E-state index contributed by atoms with van der Waals surface area (Å²) >= 11 is 0. The molecule has 1 saturated carbocycles. The van der Waals surface area contributed by atoms with Crippen molar-refractivity contribution in [3.05, 3.63) is 47.8 Å². The lowest BCUT2D eigenvalue weighted by atomic mass is 10.2. The molecule has 1 heterocycles. The molecule has 0 aliphatic heterocycles. The van der Waals surface area contributed by atoms with Crippen LogP contribution in [0.4, 0.5) is 0 Å². The molecule has 4 heteroatoms. The summed E-state index contributed by atoms with van der Waals surface area (Å²) in [5.74, 6) is -0.273. The molecule has 1 N–H and O–H groups in total. The van der Waals surface area contributed by atoms with E-state index in [0.717, 1.165) is 11.4 Å². The summed E-state index contributed by atoms with van der Waals surface area (Å²) in [5, 5.41) is 13.3. The van der Waals surface area contributed by atoms with Gasteiger partial charge in [0.25, 0.3) is 0 Å². The van der Waals surface area contributed by atoms with E-state index >= 15 is 0 Å². The van der Waals surface area contributed by atoms with Gasteiger partial charge in [0, 0.05) is 12.1 Å². The molecule has 1 aliphatic rings. The Bertz CT molecular complexity index is 553. The third-order valence-electron chi connectivity index (χ3n) is 2.98. The molecule has 3 rings (SSSR count). The van der Waals surface area contributed by atoms with Crippen molar-refractivity contribution in [1.82, 2.24) is 9.78 Å². The fourth-order valence-corrected chi connectivity index (χ4v) is 1.84. The minimum Gasteiger partial charge on any atom is -0.478 e. The Labute approximate surface area is 98.5 Å². The second kappa shape index (κ2) is 3.73. The first kappa shape index (κ1) is 10.1. The zero-order chi connectivity index (χ0) is 11.8. The van der Waals surface area contributed by atoms with E-state index in [4.69, 9.17) is 5.11 Å². The maximum absolute atomic E-state index is 10.7. The van der Waals surface area contributed by atoms with Crippen molar-refractivity contribution in [2.45, 2.75) is 18.8 Å². The van der Waals surface area contributed by atoms with Crippen LogP contribution in [0.3, 0.4) is 0 Å². The topological polar surface area (TPSA) is 55.1 Å². The Balaban J connectivity index is 1.89. The van der Waals surface area contributed by atoms with Gasteiger partial charge in [0.1, 0.15) is 0 Å². The van der Waals surface area contributed by atoms with Crippen molar-refractivity contribution < 1.29 is 9.90 Å². The molecule has 17 heavy (non-hydrogen) atoms. The fourth-order valence-electron chi connectivity index (χ4n) is 1.84. The van der Waals surface area contributed by atoms with Gasteiger partial charge in [0.05, 0.1) is 16.9 Å². The number of hydrogen-bond acceptors (Lipinski definition) is 2. The number of carboxylic acid groups (broad SMARTS) is 1. The lowest BCUT2D eigenvalue weighted by Crippen LogP contribution is -1.99. The number of aromatic nitrogens is 2. The van der Waals surface area contributed by atoms with Gasteiger partial charge in [-0.15, -0.1) is 0 Å². The zero-order valence-corrected chi connectivity index (χ0v) is 9.21. The SMILES string of the molecule is O=C(O)c1ccc(-n2ccc(C3CC3)n2)cc1. The molecule has 0 bridgehead atoms. The van der Waals surface area contributed by atoms with E-state index in [-0.39, 0.29) is 0 Å². The van der Waals surface area contributed by atoms with E-state index in [0.29, 0.717) is 11.5 Å². The average Bonchev–Trinajstić information content (AvgIpc) is 3.07. The molecule has 0 saturated heterocycles. The van der Waals surface area contributed by atoms with Crippen molar-refractivity contribution in [3.63, 3.8) is 0 Å². The highest BCUT2D eigenvalue weighted by Crippen LogP contribution is 2.38. The van der Waals surface area contributed by atoms with Crippen molar-refractivity contribution >= 4 is 5.97 Å². The standard InChI is InChI=1S/C13H12N2O2/c16-13(17)10-3-5-11(6-4-10)15-8-7-12(14-15)9-1-2-9/h3-9H,1-2H2,(H,16,17). The Kier molecular flexibility index (Phi) is 2.21. The molecule has 1 aromatic heterocycles. The van der Waals surface area contributed by atoms with Gasteiger partial charge in [-0.05, 0) is 43.2 Å². The van der Waals surface area contributed by atoms with Crippen LogP contribution in [0.15, 0.2) is 36.5 Å². The lowest BCUT2D eigenvalue weighted by molar-refractivity contribution is 0.0697. The Morgan fingerprint density at radius 2 is 1.94 bits per heavy atom. The molecule has 0 unspecified atom stereocenters. The van der Waals surface area contributed by atoms with E-state index in [1.54, 1.807) is 28.9 Å². The number of benzene rings is 1. The fraction of sp³-hybridized carbons (Fsp3) is 0.231. The second-order valence-electron chi connectivity index (χ2n) is 4.31. The van der Waals surface area contributed by atoms with Crippen LogP contribution in [0.25, 0.3) is 5.69 Å². The first-order valence-corrected chi connectivity index (χ1v) is 5.63. The molecule has 0 amide bonds. The summed E-state index contributed by atoms with van der Waals surface area (Å²) in [7, 11) is 0. The monoisotopic (exact) mass is 228 g/mol. The van der Waals surface area contributed by atoms with Crippen molar-refractivity contribution in [2.24, 2.45) is 0 Å². The quantitative estimate of drug-likeness (QED) is 0.877. The van der Waals surface area contributed by atoms with Gasteiger partial charge in [-0.25, -0.2) is 9.48 Å². The van der Waals surface area contributed by atoms with Crippen LogP contribution in [0.5, 0.6) is 0 Å². The van der Waals surface area contributed by atoms with E-state index in [9.17, 15) is 4.79 Å². The molecular weight excluding hydrogens is 216 g/mol. The minimum atomic E-state index is -0.907. The van der Waals surface area contributed by atoms with Crippen LogP contribution in [0, 0.1) is 0 Å². The van der Waals surface area contributed by atoms with E-state index < -0.39 is 5.97 Å². The van der Waals surface area contributed by atoms with Crippen LogP contribution < -0.4 is 0 Å². The third-order valence-corrected chi connectivity index (χ3v) is 2.98. The zero-order valence-electron chi connectivity index (χ0n) is 9.21. The Morgan fingerprint density at radius 1 is 1.24 bits per heavy atom. The smallest absolute Gasteiger partial charge is 0.335 e. The molecule has 0 radical (unpaired) electrons. The number of aromatic carboxylic acids is 1. The summed E-state index contributed by atoms with van der Waals surface area (Å²) in [6.45, 7) is 0. The number of carbonyl (C=O) groups is 1. The maximum Gasteiger partial charge on any atom is 0.335 e. The molecule has 1 aromatic carbocycles. The number of nitrogens with zero attached hydrogens (tertiary/aromatic N) is 2. The largest absolute Gasteiger partial charge is 0.478 e. The summed E-state index contributed by atoms with van der Waals surface area (Å²) in [6, 6.07) is 8.76. The van der Waals surface area contributed by atoms with Gasteiger partial charge in [-0.2, -0.15) is 5.10 Å². The molecule has 0 spiro atoms. The van der Waals surface area contributed by atoms with E-state index in [1.165, 1.54) is 12.8 Å². The van der Waals surface area contributed by atoms with Gasteiger partial charge >= 0.3 is 5.97 Å². The Hall–Kier alpha value is -2.10. The van der Waals surface area contributed by atoms with Gasteiger partial charge in [-0.3, -0.25) is 0 Å². The molecule has 1 aliphatic carbocycles. The normalized spacial score (nSPS) is 14.8. The first-order valence-electron chi connectivity index (χ1n) is 5.63. The summed E-state index contributed by atoms with van der Waals surface area (Å²) in [6.07, 6.45) is 4.38. The summed E-state index contributed by atoms with van der Waals surface area (Å²) in [5.41, 5.74) is 2.32. The molecule has 4 nitrogen and oxygen atoms in total. The number of hydrogen-bond donors (Lipinski definition) is 1. The highest BCUT2D eigenvalue weighted by atomic mass is 16.4. The predicted molar refractivity (Wildman–Crippen MR) is 62.5 cm³/mol. The van der Waals surface area contributed by atoms with Crippen LogP contribution in [-0.4, -0.2) is 20.9 Å². The average molecular weight is 228 g/mol. The van der Waals surface area contributed by atoms with Crippen LogP contribution in [0.1, 0.15) is 34.8 Å². The number of rotatable bonds is 3. The highest BCUT2D eigenvalue weighted by molar-refractivity contribution is 5.87. The van der Waals surface area contributed by atoms with Crippen molar-refractivity contribution in [2.75, 3.05) is 0 Å². The van der Waals surface area contributed by atoms with E-state index in [2.05, 4.69) is 5.10 Å². The molecule has 86 valence electrons. The lowest BCUT2D eigenvalue weighted by Gasteiger charge is -2.01. The van der Waals surface area contributed by atoms with Crippen LogP contribution in [0.2, 0.25) is 0 Å². The first-order chi connectivity index (χ1) is 8.24. The second-order valence-corrected chi connectivity index (χ2v) is 4.31. The van der Waals surface area contributed by atoms with E-state index in [1.807, 2.05) is 12.3 Å². The van der Waals surface area contributed by atoms with Gasteiger partial charge in [0.2, 0.25) is 0 Å². The summed E-state index contributed by atoms with van der Waals surface area (Å²) < 4.78 is 1.79. The predicted octanol–water partition coefficient (Wildman–Crippen LogP) is 2.45. The third kappa shape index (κ3) is 1.93. The highest BCUT2D eigenvalue weighted by Gasteiger charge is 2.25. The minimum absolute atomic E-state index is 0.295. The van der Waals surface area contributed by atoms with Crippen LogP contribution in [-0.2, 0) is 0 Å². The van der Waals surface area contributed by atoms with Crippen LogP contribution >= 0.6 is 0 Å².